The van der Waals surface area contributed by atoms with Gasteiger partial charge in [-0.25, -0.2) is 9.29 Å². The predicted octanol–water partition coefficient (Wildman–Crippen LogP) is 6.51. The fourth-order valence-corrected chi connectivity index (χ4v) is 9.69. The number of allylic oxidation sites excluding steroid dienone is 2. The predicted molar refractivity (Wildman–Crippen MR) is 172 cm³/mol. The molecule has 7 nitrogen and oxygen atoms in total. The minimum atomic E-state index is -2.14. The van der Waals surface area contributed by atoms with Crippen LogP contribution in [-0.4, -0.2) is 43.4 Å². The number of imide groups is 2. The number of anilines is 1. The number of alkyl halides is 2. The Morgan fingerprint density at radius 3 is 2.39 bits per heavy atom. The first-order valence-corrected chi connectivity index (χ1v) is 16.5. The van der Waals surface area contributed by atoms with Gasteiger partial charge >= 0.3 is 0 Å². The number of likely N-dealkylation sites (tertiary alicyclic amines) is 1. The number of amides is 4. The first-order chi connectivity index (χ1) is 22.1. The monoisotopic (exact) mass is 674 g/mol. The molecular weight excluding hydrogens is 650 g/mol. The molecule has 4 aromatic rings. The van der Waals surface area contributed by atoms with Gasteiger partial charge in [0.15, 0.2) is 9.75 Å². The summed E-state index contributed by atoms with van der Waals surface area (Å²) in [6.45, 7) is 0.138. The van der Waals surface area contributed by atoms with Gasteiger partial charge in [0, 0.05) is 16.4 Å². The van der Waals surface area contributed by atoms with E-state index < -0.39 is 51.1 Å². The van der Waals surface area contributed by atoms with Gasteiger partial charge in [0.25, 0.3) is 11.8 Å². The molecule has 4 aliphatic rings. The van der Waals surface area contributed by atoms with Crippen molar-refractivity contribution in [3.63, 3.8) is 0 Å². The first-order valence-electron chi connectivity index (χ1n) is 14.9. The van der Waals surface area contributed by atoms with Crippen molar-refractivity contribution in [3.8, 4) is 5.75 Å². The highest BCUT2D eigenvalue weighted by atomic mass is 35.5. The molecule has 6 unspecified atom stereocenters. The van der Waals surface area contributed by atoms with Crippen molar-refractivity contribution in [2.45, 2.75) is 35.1 Å². The van der Waals surface area contributed by atoms with Crippen LogP contribution in [0.15, 0.2) is 89.8 Å². The number of phenols is 1. The summed E-state index contributed by atoms with van der Waals surface area (Å²) < 4.78 is 13.9. The van der Waals surface area contributed by atoms with E-state index in [1.165, 1.54) is 34.4 Å². The van der Waals surface area contributed by atoms with Crippen LogP contribution in [0, 0.1) is 23.6 Å². The minimum absolute atomic E-state index is 0.0933. The molecule has 46 heavy (non-hydrogen) atoms. The van der Waals surface area contributed by atoms with E-state index >= 15 is 0 Å². The van der Waals surface area contributed by atoms with Crippen molar-refractivity contribution in [2.75, 3.05) is 4.90 Å². The van der Waals surface area contributed by atoms with E-state index in [9.17, 15) is 28.7 Å². The average molecular weight is 676 g/mol. The zero-order valence-corrected chi connectivity index (χ0v) is 26.4. The Morgan fingerprint density at radius 2 is 1.65 bits per heavy atom. The summed E-state index contributed by atoms with van der Waals surface area (Å²) in [7, 11) is 0. The molecule has 2 aliphatic carbocycles. The number of carbonyl (C=O) groups excluding carboxylic acids is 4. The topological polar surface area (TPSA) is 95.0 Å². The van der Waals surface area contributed by atoms with Crippen LogP contribution in [0.2, 0.25) is 0 Å². The van der Waals surface area contributed by atoms with Gasteiger partial charge in [0.1, 0.15) is 11.6 Å². The number of phenolic OH excluding ortho intramolecular Hbond substituents is 1. The number of hydrogen-bond donors (Lipinski definition) is 1. The number of hydrogen-bond acceptors (Lipinski definition) is 6. The molecular formula is C35H25Cl2FN2O5S. The van der Waals surface area contributed by atoms with Crippen molar-refractivity contribution in [2.24, 2.45) is 17.8 Å². The quantitative estimate of drug-likeness (QED) is 0.151. The standard InChI is InChI=1S/C35H25Cl2FN2O5S/c36-34-16-25-23(12-13-24-27(25)31(43)39(30(24)42)17-21-5-3-15-46-21)29(28-22-6-2-1-4-18(22)7-14-26(28)41)35(34,37)33(45)40(32(34)44)20-10-8-19(38)9-11-20/h1-12,14-15,24-25,27,29,41H,13,16-17H2. The lowest BCUT2D eigenvalue weighted by Gasteiger charge is -2.51. The maximum absolute atomic E-state index is 14.6. The molecule has 232 valence electrons. The van der Waals surface area contributed by atoms with Crippen molar-refractivity contribution >= 4 is 74.6 Å². The summed E-state index contributed by atoms with van der Waals surface area (Å²) in [6, 6.07) is 19.1. The Bertz CT molecular complexity index is 2020. The second-order valence-electron chi connectivity index (χ2n) is 12.3. The van der Waals surface area contributed by atoms with Crippen LogP contribution in [-0.2, 0) is 25.7 Å². The lowest BCUT2D eigenvalue weighted by atomic mass is 9.56. The lowest BCUT2D eigenvalue weighted by molar-refractivity contribution is -0.141. The molecule has 2 aliphatic heterocycles. The summed E-state index contributed by atoms with van der Waals surface area (Å²) >= 11 is 16.4. The maximum Gasteiger partial charge on any atom is 0.258 e. The highest BCUT2D eigenvalue weighted by molar-refractivity contribution is 7.09. The molecule has 8 rings (SSSR count). The SMILES string of the molecule is O=C1C2CC=C3C(CC4(Cl)C(=O)N(c5ccc(F)cc5)C(=O)C4(Cl)C3c3c(O)ccc4ccccc34)C2C(=O)N1Cc1cccs1. The van der Waals surface area contributed by atoms with Crippen LogP contribution in [0.1, 0.15) is 29.2 Å². The Morgan fingerprint density at radius 1 is 0.891 bits per heavy atom. The summed E-state index contributed by atoms with van der Waals surface area (Å²) in [5.41, 5.74) is 0.984. The maximum atomic E-state index is 14.6. The van der Waals surface area contributed by atoms with Gasteiger partial charge in [0.2, 0.25) is 11.8 Å². The second-order valence-corrected chi connectivity index (χ2v) is 14.6. The molecule has 0 spiro atoms. The number of carbonyl (C=O) groups is 4. The molecule has 3 aromatic carbocycles. The minimum Gasteiger partial charge on any atom is -0.508 e. The summed E-state index contributed by atoms with van der Waals surface area (Å²) in [5, 5.41) is 14.7. The van der Waals surface area contributed by atoms with Gasteiger partial charge in [0.05, 0.1) is 24.1 Å². The zero-order valence-electron chi connectivity index (χ0n) is 24.0. The van der Waals surface area contributed by atoms with Crippen molar-refractivity contribution in [3.05, 3.63) is 106 Å². The fourth-order valence-electron chi connectivity index (χ4n) is 8.08. The average Bonchev–Trinajstić information content (AvgIpc) is 3.69. The zero-order chi connectivity index (χ0) is 32.1. The van der Waals surface area contributed by atoms with E-state index in [1.54, 1.807) is 18.2 Å². The van der Waals surface area contributed by atoms with Gasteiger partial charge in [-0.1, -0.05) is 48.0 Å². The van der Waals surface area contributed by atoms with Crippen LogP contribution >= 0.6 is 34.5 Å². The van der Waals surface area contributed by atoms with Crippen LogP contribution in [0.5, 0.6) is 5.75 Å². The highest BCUT2D eigenvalue weighted by Gasteiger charge is 2.77. The molecule has 2 saturated heterocycles. The van der Waals surface area contributed by atoms with E-state index in [0.717, 1.165) is 27.3 Å². The van der Waals surface area contributed by atoms with Crippen LogP contribution in [0.25, 0.3) is 10.8 Å². The van der Waals surface area contributed by atoms with E-state index in [-0.39, 0.29) is 42.6 Å². The van der Waals surface area contributed by atoms with Crippen LogP contribution < -0.4 is 4.90 Å². The van der Waals surface area contributed by atoms with Gasteiger partial charge in [-0.15, -0.1) is 34.5 Å². The molecule has 0 radical (unpaired) electrons. The normalized spacial score (nSPS) is 30.5. The highest BCUT2D eigenvalue weighted by Crippen LogP contribution is 2.67. The van der Waals surface area contributed by atoms with Crippen molar-refractivity contribution < 1.29 is 28.7 Å². The largest absolute Gasteiger partial charge is 0.508 e. The van der Waals surface area contributed by atoms with Gasteiger partial charge in [-0.3, -0.25) is 24.1 Å². The Labute approximate surface area is 276 Å². The van der Waals surface area contributed by atoms with Crippen LogP contribution in [0.3, 0.4) is 0 Å². The number of nitrogens with zero attached hydrogens (tertiary/aromatic N) is 2. The van der Waals surface area contributed by atoms with E-state index in [2.05, 4.69) is 0 Å². The van der Waals surface area contributed by atoms with Gasteiger partial charge in [-0.2, -0.15) is 0 Å². The Kier molecular flexibility index (Phi) is 6.53. The van der Waals surface area contributed by atoms with Crippen molar-refractivity contribution in [1.82, 2.24) is 4.90 Å². The summed E-state index contributed by atoms with van der Waals surface area (Å²) in [6.07, 6.45) is 1.87. The number of fused-ring (bicyclic) bond motifs is 5. The van der Waals surface area contributed by atoms with Crippen LogP contribution in [0.4, 0.5) is 10.1 Å². The van der Waals surface area contributed by atoms with Gasteiger partial charge < -0.3 is 5.11 Å². The molecule has 3 fully saturated rings. The summed E-state index contributed by atoms with van der Waals surface area (Å²) in [5.74, 6) is -6.39. The van der Waals surface area contributed by atoms with E-state index in [0.29, 0.717) is 16.5 Å². The molecule has 3 heterocycles. The molecule has 1 aromatic heterocycles. The third kappa shape index (κ3) is 3.82. The number of thiophene rings is 1. The summed E-state index contributed by atoms with van der Waals surface area (Å²) in [4.78, 5) is 55.7. The molecule has 11 heteroatoms. The lowest BCUT2D eigenvalue weighted by Crippen LogP contribution is -2.60. The molecule has 1 N–H and O–H groups in total. The Hall–Kier alpha value is -4.05. The van der Waals surface area contributed by atoms with Gasteiger partial charge in [-0.05, 0) is 71.3 Å². The fraction of sp³-hybridized carbons (Fsp3) is 0.257. The first kappa shape index (κ1) is 29.4. The molecule has 4 amide bonds. The van der Waals surface area contributed by atoms with E-state index in [4.69, 9.17) is 23.2 Å². The number of halogens is 3. The second kappa shape index (κ2) is 10.2. The smallest absolute Gasteiger partial charge is 0.258 e. The number of benzene rings is 3. The molecule has 0 bridgehead atoms. The third-order valence-electron chi connectivity index (χ3n) is 10.1. The molecule has 1 saturated carbocycles. The third-order valence-corrected chi connectivity index (χ3v) is 12.4. The van der Waals surface area contributed by atoms with E-state index in [1.807, 2.05) is 35.7 Å². The number of aromatic hydroxyl groups is 1. The van der Waals surface area contributed by atoms with Crippen molar-refractivity contribution in [1.29, 1.82) is 0 Å². The number of rotatable bonds is 4. The molecule has 6 atom stereocenters. The Balaban J connectivity index is 1.34.